The summed E-state index contributed by atoms with van der Waals surface area (Å²) in [5, 5.41) is 9.65. The monoisotopic (exact) mass is 344 g/mol. The maximum atomic E-state index is 11.7. The fraction of sp³-hybridized carbons (Fsp3) is 0.600. The van der Waals surface area contributed by atoms with Crippen LogP contribution in [0.15, 0.2) is 23.2 Å². The maximum Gasteiger partial charge on any atom is 0.220 e. The van der Waals surface area contributed by atoms with Crippen molar-refractivity contribution in [3.05, 3.63) is 34.9 Å². The lowest BCUT2D eigenvalue weighted by Crippen LogP contribution is -2.38. The summed E-state index contributed by atoms with van der Waals surface area (Å²) in [6.07, 6.45) is 4.59. The van der Waals surface area contributed by atoms with Crippen molar-refractivity contribution >= 4 is 11.9 Å². The van der Waals surface area contributed by atoms with Crippen LogP contribution in [-0.4, -0.2) is 37.5 Å². The van der Waals surface area contributed by atoms with Crippen LogP contribution in [0.3, 0.4) is 0 Å². The lowest BCUT2D eigenvalue weighted by molar-refractivity contribution is -0.121. The third-order valence-electron chi connectivity index (χ3n) is 4.11. The predicted octanol–water partition coefficient (Wildman–Crippen LogP) is 2.46. The lowest BCUT2D eigenvalue weighted by Gasteiger charge is -2.12. The molecule has 25 heavy (non-hydrogen) atoms. The highest BCUT2D eigenvalue weighted by Gasteiger charge is 2.22. The first-order chi connectivity index (χ1) is 12.1. The van der Waals surface area contributed by atoms with E-state index in [4.69, 9.17) is 0 Å². The molecule has 3 N–H and O–H groups in total. The molecule has 0 unspecified atom stereocenters. The van der Waals surface area contributed by atoms with Gasteiger partial charge < -0.3 is 16.0 Å². The van der Waals surface area contributed by atoms with E-state index < -0.39 is 0 Å². The van der Waals surface area contributed by atoms with Gasteiger partial charge in [-0.1, -0.05) is 29.3 Å². The number of aryl methyl sites for hydroxylation is 2. The minimum atomic E-state index is 0.158. The van der Waals surface area contributed by atoms with E-state index in [-0.39, 0.29) is 5.91 Å². The predicted molar refractivity (Wildman–Crippen MR) is 104 cm³/mol. The zero-order chi connectivity index (χ0) is 18.1. The maximum absolute atomic E-state index is 11.7. The number of hydrogen-bond acceptors (Lipinski definition) is 2. The number of rotatable bonds is 9. The quantitative estimate of drug-likeness (QED) is 0.366. The Kier molecular flexibility index (Phi) is 7.76. The fourth-order valence-electron chi connectivity index (χ4n) is 2.84. The second-order valence-corrected chi connectivity index (χ2v) is 6.88. The number of carbonyl (C=O) groups is 1. The first-order valence-electron chi connectivity index (χ1n) is 9.45. The Hall–Kier alpha value is -2.04. The minimum Gasteiger partial charge on any atom is -0.357 e. The van der Waals surface area contributed by atoms with Crippen molar-refractivity contribution in [1.82, 2.24) is 16.0 Å². The smallest absolute Gasteiger partial charge is 0.220 e. The van der Waals surface area contributed by atoms with Crippen LogP contribution in [0.2, 0.25) is 0 Å². The summed E-state index contributed by atoms with van der Waals surface area (Å²) in [7, 11) is 0. The molecule has 1 aromatic rings. The summed E-state index contributed by atoms with van der Waals surface area (Å²) in [4.78, 5) is 16.2. The molecule has 0 aliphatic heterocycles. The van der Waals surface area contributed by atoms with Crippen molar-refractivity contribution in [2.45, 2.75) is 58.9 Å². The van der Waals surface area contributed by atoms with Crippen LogP contribution >= 0.6 is 0 Å². The van der Waals surface area contributed by atoms with Gasteiger partial charge in [-0.25, -0.2) is 0 Å². The summed E-state index contributed by atoms with van der Waals surface area (Å²) < 4.78 is 0. The molecule has 1 aromatic carbocycles. The highest BCUT2D eigenvalue weighted by molar-refractivity contribution is 5.80. The Bertz CT molecular complexity index is 573. The Morgan fingerprint density at radius 1 is 1.16 bits per heavy atom. The summed E-state index contributed by atoms with van der Waals surface area (Å²) >= 11 is 0. The zero-order valence-corrected chi connectivity index (χ0v) is 15.8. The number of nitrogens with zero attached hydrogens (tertiary/aromatic N) is 1. The SMILES string of the molecule is CCNC(=NCCCC(=O)NC1CC1)NCCc1cc(C)cc(C)c1. The second-order valence-electron chi connectivity index (χ2n) is 6.88. The first kappa shape index (κ1) is 19.3. The Morgan fingerprint density at radius 2 is 1.88 bits per heavy atom. The molecule has 2 rings (SSSR count). The van der Waals surface area contributed by atoms with E-state index in [9.17, 15) is 4.79 Å². The molecule has 5 nitrogen and oxygen atoms in total. The molecule has 138 valence electrons. The topological polar surface area (TPSA) is 65.5 Å². The van der Waals surface area contributed by atoms with Crippen molar-refractivity contribution in [3.63, 3.8) is 0 Å². The number of carbonyl (C=O) groups excluding carboxylic acids is 1. The minimum absolute atomic E-state index is 0.158. The first-order valence-corrected chi connectivity index (χ1v) is 9.45. The van der Waals surface area contributed by atoms with Gasteiger partial charge in [-0.15, -0.1) is 0 Å². The van der Waals surface area contributed by atoms with Gasteiger partial charge in [0.1, 0.15) is 0 Å². The number of benzene rings is 1. The van der Waals surface area contributed by atoms with Gasteiger partial charge in [0.15, 0.2) is 5.96 Å². The molecular formula is C20H32N4O. The summed E-state index contributed by atoms with van der Waals surface area (Å²) in [5.74, 6) is 0.986. The fourth-order valence-corrected chi connectivity index (χ4v) is 2.84. The molecule has 0 aromatic heterocycles. The van der Waals surface area contributed by atoms with E-state index in [2.05, 4.69) is 59.9 Å². The number of nitrogens with one attached hydrogen (secondary N) is 3. The van der Waals surface area contributed by atoms with E-state index in [0.717, 1.165) is 44.7 Å². The highest BCUT2D eigenvalue weighted by Crippen LogP contribution is 2.18. The average molecular weight is 345 g/mol. The number of hydrogen-bond donors (Lipinski definition) is 3. The van der Waals surface area contributed by atoms with Gasteiger partial charge in [0.2, 0.25) is 5.91 Å². The van der Waals surface area contributed by atoms with E-state index in [0.29, 0.717) is 19.0 Å². The zero-order valence-electron chi connectivity index (χ0n) is 15.8. The lowest BCUT2D eigenvalue weighted by atomic mass is 10.1. The normalized spacial score (nSPS) is 14.3. The van der Waals surface area contributed by atoms with Crippen molar-refractivity contribution in [2.24, 2.45) is 4.99 Å². The molecule has 0 bridgehead atoms. The van der Waals surface area contributed by atoms with Gasteiger partial charge in [0.25, 0.3) is 0 Å². The molecule has 0 radical (unpaired) electrons. The third-order valence-corrected chi connectivity index (χ3v) is 4.11. The third kappa shape index (κ3) is 8.05. The standard InChI is InChI=1S/C20H32N4O/c1-4-21-20(22-10-5-6-19(25)24-18-7-8-18)23-11-9-17-13-15(2)12-16(3)14-17/h12-14,18H,4-11H2,1-3H3,(H,24,25)(H2,21,22,23). The molecule has 1 amide bonds. The van der Waals surface area contributed by atoms with E-state index in [1.807, 2.05) is 0 Å². The van der Waals surface area contributed by atoms with Crippen LogP contribution in [0.1, 0.15) is 49.3 Å². The largest absolute Gasteiger partial charge is 0.357 e. The molecule has 0 heterocycles. The van der Waals surface area contributed by atoms with Gasteiger partial charge >= 0.3 is 0 Å². The van der Waals surface area contributed by atoms with Crippen LogP contribution in [-0.2, 0) is 11.2 Å². The average Bonchev–Trinajstić information content (AvgIpc) is 3.34. The van der Waals surface area contributed by atoms with Gasteiger partial charge in [-0.2, -0.15) is 0 Å². The molecule has 1 aliphatic carbocycles. The van der Waals surface area contributed by atoms with Crippen LogP contribution in [0.4, 0.5) is 0 Å². The second kappa shape index (κ2) is 10.1. The Balaban J connectivity index is 1.70. The van der Waals surface area contributed by atoms with Crippen LogP contribution in [0.5, 0.6) is 0 Å². The Morgan fingerprint density at radius 3 is 2.52 bits per heavy atom. The van der Waals surface area contributed by atoms with E-state index in [1.54, 1.807) is 0 Å². The van der Waals surface area contributed by atoms with E-state index in [1.165, 1.54) is 16.7 Å². The van der Waals surface area contributed by atoms with E-state index >= 15 is 0 Å². The molecule has 0 spiro atoms. The molecular weight excluding hydrogens is 312 g/mol. The Labute approximate surface area is 151 Å². The molecule has 5 heteroatoms. The van der Waals surface area contributed by atoms with Crippen molar-refractivity contribution < 1.29 is 4.79 Å². The van der Waals surface area contributed by atoms with Crippen LogP contribution < -0.4 is 16.0 Å². The number of aliphatic imine (C=N–C) groups is 1. The molecule has 1 saturated carbocycles. The van der Waals surface area contributed by atoms with Gasteiger partial charge in [-0.05, 0) is 52.0 Å². The van der Waals surface area contributed by atoms with Crippen LogP contribution in [0.25, 0.3) is 0 Å². The summed E-state index contributed by atoms with van der Waals surface area (Å²) in [5.41, 5.74) is 3.96. The molecule has 0 saturated heterocycles. The van der Waals surface area contributed by atoms with Crippen LogP contribution in [0, 0.1) is 13.8 Å². The number of amides is 1. The van der Waals surface area contributed by atoms with Crippen molar-refractivity contribution in [3.8, 4) is 0 Å². The van der Waals surface area contributed by atoms with Gasteiger partial charge in [0.05, 0.1) is 0 Å². The van der Waals surface area contributed by atoms with Crippen molar-refractivity contribution in [2.75, 3.05) is 19.6 Å². The highest BCUT2D eigenvalue weighted by atomic mass is 16.1. The summed E-state index contributed by atoms with van der Waals surface area (Å²) in [6, 6.07) is 7.11. The van der Waals surface area contributed by atoms with Crippen molar-refractivity contribution in [1.29, 1.82) is 0 Å². The van der Waals surface area contributed by atoms with Gasteiger partial charge in [0, 0.05) is 32.1 Å². The summed E-state index contributed by atoms with van der Waals surface area (Å²) in [6.45, 7) is 8.67. The van der Waals surface area contributed by atoms with Gasteiger partial charge in [-0.3, -0.25) is 9.79 Å². The number of guanidine groups is 1. The molecule has 0 atom stereocenters. The molecule has 1 fully saturated rings. The molecule has 1 aliphatic rings.